The normalized spacial score (nSPS) is 18.9. The van der Waals surface area contributed by atoms with E-state index < -0.39 is 0 Å². The summed E-state index contributed by atoms with van der Waals surface area (Å²) in [7, 11) is 1.75. The molecule has 1 aromatic carbocycles. The minimum Gasteiger partial charge on any atom is -0.346 e. The SMILES string of the molecule is Cn1ncc(Cl)c1-c1cnc(C(=O)N[C@@H]2CNCC[C@H]2c2cccc(F)c2)cc1Cl. The van der Waals surface area contributed by atoms with Gasteiger partial charge >= 0.3 is 0 Å². The Balaban J connectivity index is 1.55. The van der Waals surface area contributed by atoms with Crippen molar-refractivity contribution in [1.29, 1.82) is 0 Å². The quantitative estimate of drug-likeness (QED) is 0.637. The van der Waals surface area contributed by atoms with Crippen LogP contribution in [0.3, 0.4) is 0 Å². The third kappa shape index (κ3) is 4.19. The first-order valence-corrected chi connectivity index (χ1v) is 10.3. The second-order valence-electron chi connectivity index (χ2n) is 7.25. The highest BCUT2D eigenvalue weighted by Crippen LogP contribution is 2.32. The molecule has 6 nitrogen and oxygen atoms in total. The number of aryl methyl sites for hydroxylation is 1. The fraction of sp³-hybridized carbons (Fsp3) is 0.286. The number of pyridine rings is 1. The molecule has 2 N–H and O–H groups in total. The smallest absolute Gasteiger partial charge is 0.270 e. The van der Waals surface area contributed by atoms with Crippen molar-refractivity contribution >= 4 is 29.1 Å². The largest absolute Gasteiger partial charge is 0.346 e. The topological polar surface area (TPSA) is 71.8 Å². The second kappa shape index (κ2) is 8.71. The molecule has 0 bridgehead atoms. The highest BCUT2D eigenvalue weighted by molar-refractivity contribution is 6.36. The van der Waals surface area contributed by atoms with Crippen LogP contribution in [0.25, 0.3) is 11.3 Å². The molecule has 156 valence electrons. The lowest BCUT2D eigenvalue weighted by atomic mass is 9.86. The van der Waals surface area contributed by atoms with E-state index in [9.17, 15) is 9.18 Å². The third-order valence-electron chi connectivity index (χ3n) is 5.31. The van der Waals surface area contributed by atoms with Gasteiger partial charge in [-0.3, -0.25) is 14.5 Å². The molecule has 1 fully saturated rings. The van der Waals surface area contributed by atoms with Crippen molar-refractivity contribution in [3.05, 3.63) is 69.8 Å². The van der Waals surface area contributed by atoms with Gasteiger partial charge in [0.25, 0.3) is 5.91 Å². The van der Waals surface area contributed by atoms with Crippen LogP contribution in [-0.2, 0) is 7.05 Å². The summed E-state index contributed by atoms with van der Waals surface area (Å²) in [4.78, 5) is 17.1. The summed E-state index contributed by atoms with van der Waals surface area (Å²) in [6, 6.07) is 7.84. The van der Waals surface area contributed by atoms with Crippen LogP contribution in [0, 0.1) is 5.82 Å². The molecule has 1 saturated heterocycles. The molecule has 2 atom stereocenters. The van der Waals surface area contributed by atoms with E-state index in [0.29, 0.717) is 27.8 Å². The van der Waals surface area contributed by atoms with Crippen molar-refractivity contribution in [3.8, 4) is 11.3 Å². The first-order chi connectivity index (χ1) is 14.4. The van der Waals surface area contributed by atoms with Crippen LogP contribution in [0.2, 0.25) is 10.0 Å². The third-order valence-corrected chi connectivity index (χ3v) is 5.90. The van der Waals surface area contributed by atoms with Gasteiger partial charge in [-0.15, -0.1) is 0 Å². The van der Waals surface area contributed by atoms with Crippen molar-refractivity contribution in [1.82, 2.24) is 25.4 Å². The number of rotatable bonds is 4. The molecular formula is C21H20Cl2FN5O. The van der Waals surface area contributed by atoms with Gasteiger partial charge in [0.05, 0.1) is 21.9 Å². The molecule has 30 heavy (non-hydrogen) atoms. The number of piperidine rings is 1. The van der Waals surface area contributed by atoms with Gasteiger partial charge in [0, 0.05) is 37.3 Å². The van der Waals surface area contributed by atoms with Crippen LogP contribution >= 0.6 is 23.2 Å². The molecule has 3 aromatic rings. The van der Waals surface area contributed by atoms with Gasteiger partial charge in [0.1, 0.15) is 11.5 Å². The number of carbonyl (C=O) groups is 1. The number of carbonyl (C=O) groups excluding carboxylic acids is 1. The number of nitrogens with zero attached hydrogens (tertiary/aromatic N) is 3. The van der Waals surface area contributed by atoms with Crippen LogP contribution in [0.5, 0.6) is 0 Å². The van der Waals surface area contributed by atoms with Crippen molar-refractivity contribution in [3.63, 3.8) is 0 Å². The van der Waals surface area contributed by atoms with Gasteiger partial charge < -0.3 is 10.6 Å². The fourth-order valence-electron chi connectivity index (χ4n) is 3.83. The zero-order chi connectivity index (χ0) is 21.3. The molecule has 3 heterocycles. The van der Waals surface area contributed by atoms with E-state index in [1.165, 1.54) is 30.6 Å². The summed E-state index contributed by atoms with van der Waals surface area (Å²) in [6.45, 7) is 1.39. The van der Waals surface area contributed by atoms with Crippen LogP contribution in [0.15, 0.2) is 42.7 Å². The molecule has 2 aromatic heterocycles. The number of benzene rings is 1. The number of hydrogen-bond acceptors (Lipinski definition) is 4. The molecule has 0 aliphatic carbocycles. The monoisotopic (exact) mass is 447 g/mol. The predicted molar refractivity (Wildman–Crippen MR) is 114 cm³/mol. The predicted octanol–water partition coefficient (Wildman–Crippen LogP) is 3.80. The van der Waals surface area contributed by atoms with Crippen molar-refractivity contribution in [2.75, 3.05) is 13.1 Å². The summed E-state index contributed by atoms with van der Waals surface area (Å²) in [5, 5.41) is 11.2. The van der Waals surface area contributed by atoms with Gasteiger partial charge in [-0.25, -0.2) is 4.39 Å². The average Bonchev–Trinajstić information content (AvgIpc) is 3.06. The summed E-state index contributed by atoms with van der Waals surface area (Å²) in [5.41, 5.74) is 2.29. The van der Waals surface area contributed by atoms with Gasteiger partial charge in [0.2, 0.25) is 0 Å². The zero-order valence-corrected chi connectivity index (χ0v) is 17.7. The Labute approximate surface area is 183 Å². The van der Waals surface area contributed by atoms with Gasteiger partial charge in [-0.2, -0.15) is 5.10 Å². The molecule has 1 amide bonds. The standard InChI is InChI=1S/C21H20Cl2FN5O/c1-29-20(17(23)10-27-29)15-9-26-18(8-16(15)22)21(30)28-19-11-25-6-5-14(19)12-3-2-4-13(24)7-12/h2-4,7-10,14,19,25H,5-6,11H2,1H3,(H,28,30)/t14-,19+/m0/s1. The van der Waals surface area contributed by atoms with E-state index in [0.717, 1.165) is 18.5 Å². The number of amides is 1. The number of halogens is 3. The van der Waals surface area contributed by atoms with E-state index in [4.69, 9.17) is 23.2 Å². The minimum absolute atomic E-state index is 0.00824. The molecule has 4 rings (SSSR count). The Morgan fingerprint density at radius 3 is 2.80 bits per heavy atom. The number of aromatic nitrogens is 3. The Morgan fingerprint density at radius 2 is 2.10 bits per heavy atom. The van der Waals surface area contributed by atoms with Crippen LogP contribution in [-0.4, -0.2) is 39.8 Å². The lowest BCUT2D eigenvalue weighted by molar-refractivity contribution is 0.0919. The molecule has 1 aliphatic heterocycles. The number of hydrogen-bond donors (Lipinski definition) is 2. The Morgan fingerprint density at radius 1 is 1.27 bits per heavy atom. The van der Waals surface area contributed by atoms with Crippen LogP contribution in [0.1, 0.15) is 28.4 Å². The Bertz CT molecular complexity index is 1070. The fourth-order valence-corrected chi connectivity index (χ4v) is 4.34. The highest BCUT2D eigenvalue weighted by Gasteiger charge is 2.29. The van der Waals surface area contributed by atoms with Crippen molar-refractivity contribution in [2.24, 2.45) is 7.05 Å². The molecular weight excluding hydrogens is 428 g/mol. The van der Waals surface area contributed by atoms with E-state index in [1.54, 1.807) is 17.8 Å². The van der Waals surface area contributed by atoms with Crippen LogP contribution in [0.4, 0.5) is 4.39 Å². The van der Waals surface area contributed by atoms with E-state index >= 15 is 0 Å². The van der Waals surface area contributed by atoms with Gasteiger partial charge in [-0.05, 0) is 36.7 Å². The summed E-state index contributed by atoms with van der Waals surface area (Å²) in [6.07, 6.45) is 3.83. The lowest BCUT2D eigenvalue weighted by Gasteiger charge is -2.33. The summed E-state index contributed by atoms with van der Waals surface area (Å²) in [5.74, 6) is -0.613. The maximum absolute atomic E-state index is 13.7. The lowest BCUT2D eigenvalue weighted by Crippen LogP contribution is -2.50. The minimum atomic E-state index is -0.338. The highest BCUT2D eigenvalue weighted by atomic mass is 35.5. The molecule has 1 aliphatic rings. The Hall–Kier alpha value is -2.48. The Kier molecular flexibility index (Phi) is 6.04. The molecule has 0 unspecified atom stereocenters. The van der Waals surface area contributed by atoms with E-state index in [1.807, 2.05) is 6.07 Å². The summed E-state index contributed by atoms with van der Waals surface area (Å²) < 4.78 is 15.3. The average molecular weight is 448 g/mol. The summed E-state index contributed by atoms with van der Waals surface area (Å²) >= 11 is 12.6. The molecule has 0 radical (unpaired) electrons. The van der Waals surface area contributed by atoms with E-state index in [2.05, 4.69) is 20.7 Å². The molecule has 0 saturated carbocycles. The van der Waals surface area contributed by atoms with Crippen molar-refractivity contribution in [2.45, 2.75) is 18.4 Å². The zero-order valence-electron chi connectivity index (χ0n) is 16.2. The second-order valence-corrected chi connectivity index (χ2v) is 8.06. The first-order valence-electron chi connectivity index (χ1n) is 9.54. The molecule has 0 spiro atoms. The maximum Gasteiger partial charge on any atom is 0.270 e. The maximum atomic E-state index is 13.7. The van der Waals surface area contributed by atoms with Gasteiger partial charge in [0.15, 0.2) is 0 Å². The van der Waals surface area contributed by atoms with E-state index in [-0.39, 0.29) is 29.4 Å². The number of nitrogens with one attached hydrogen (secondary N) is 2. The van der Waals surface area contributed by atoms with Crippen molar-refractivity contribution < 1.29 is 9.18 Å². The van der Waals surface area contributed by atoms with Gasteiger partial charge in [-0.1, -0.05) is 35.3 Å². The van der Waals surface area contributed by atoms with Crippen LogP contribution < -0.4 is 10.6 Å². The first kappa shape index (κ1) is 20.8. The molecule has 9 heteroatoms.